The quantitative estimate of drug-likeness (QED) is 0.688. The van der Waals surface area contributed by atoms with Gasteiger partial charge in [-0.1, -0.05) is 18.9 Å². The maximum atomic E-state index is 13.0. The molecule has 0 bridgehead atoms. The van der Waals surface area contributed by atoms with E-state index in [9.17, 15) is 18.3 Å². The van der Waals surface area contributed by atoms with Crippen molar-refractivity contribution in [1.29, 1.82) is 0 Å². The molecule has 4 heteroatoms. The summed E-state index contributed by atoms with van der Waals surface area (Å²) in [7, 11) is 0. The highest BCUT2D eigenvalue weighted by Crippen LogP contribution is 2.40. The maximum Gasteiger partial charge on any atom is 0.301 e. The van der Waals surface area contributed by atoms with Crippen LogP contribution in [0.4, 0.5) is 13.2 Å². The van der Waals surface area contributed by atoms with Crippen LogP contribution < -0.4 is 0 Å². The maximum absolute atomic E-state index is 13.0. The highest BCUT2D eigenvalue weighted by Gasteiger charge is 2.40. The summed E-state index contributed by atoms with van der Waals surface area (Å²) in [4.78, 5) is 0. The zero-order valence-corrected chi connectivity index (χ0v) is 7.77. The van der Waals surface area contributed by atoms with Crippen LogP contribution in [0.5, 0.6) is 0 Å². The molecule has 1 N–H and O–H groups in total. The van der Waals surface area contributed by atoms with Gasteiger partial charge < -0.3 is 5.11 Å². The summed E-state index contributed by atoms with van der Waals surface area (Å²) >= 11 is 0. The van der Waals surface area contributed by atoms with Gasteiger partial charge in [0.05, 0.1) is 5.60 Å². The standard InChI is InChI=1S/C10H13F3O/c1-2-10(14)6-4-3-5-7(10)8(11)9(12)13/h2,7,14H,1,3-6H2/t7-,10-/m0/s1. The molecule has 0 heterocycles. The minimum atomic E-state index is -2.34. The topological polar surface area (TPSA) is 20.2 Å². The molecule has 1 nitrogen and oxygen atoms in total. The zero-order chi connectivity index (χ0) is 10.8. The molecule has 80 valence electrons. The lowest BCUT2D eigenvalue weighted by atomic mass is 9.75. The summed E-state index contributed by atoms with van der Waals surface area (Å²) in [5.41, 5.74) is -1.51. The monoisotopic (exact) mass is 206 g/mol. The third-order valence-corrected chi connectivity index (χ3v) is 2.76. The molecule has 1 saturated carbocycles. The number of hydrogen-bond acceptors (Lipinski definition) is 1. The van der Waals surface area contributed by atoms with E-state index in [1.807, 2.05) is 0 Å². The Hall–Kier alpha value is -0.770. The Labute approximate surface area is 80.9 Å². The lowest BCUT2D eigenvalue weighted by molar-refractivity contribution is -0.000148. The molecule has 0 aliphatic heterocycles. The van der Waals surface area contributed by atoms with Gasteiger partial charge in [0, 0.05) is 5.92 Å². The van der Waals surface area contributed by atoms with E-state index in [4.69, 9.17) is 0 Å². The normalized spacial score (nSPS) is 32.4. The Balaban J connectivity index is 2.94. The van der Waals surface area contributed by atoms with Gasteiger partial charge in [-0.3, -0.25) is 0 Å². The van der Waals surface area contributed by atoms with Gasteiger partial charge in [-0.2, -0.15) is 8.78 Å². The fourth-order valence-electron chi connectivity index (χ4n) is 1.90. The molecule has 0 aromatic carbocycles. The average molecular weight is 206 g/mol. The van der Waals surface area contributed by atoms with E-state index in [1.165, 1.54) is 6.08 Å². The van der Waals surface area contributed by atoms with Gasteiger partial charge in [0.15, 0.2) is 5.83 Å². The molecule has 0 aromatic heterocycles. The fourth-order valence-corrected chi connectivity index (χ4v) is 1.90. The Kier molecular flexibility index (Phi) is 3.37. The minimum Gasteiger partial charge on any atom is -0.385 e. The molecule has 0 aromatic rings. The Morgan fingerprint density at radius 2 is 2.00 bits per heavy atom. The smallest absolute Gasteiger partial charge is 0.301 e. The first-order valence-electron chi connectivity index (χ1n) is 4.58. The molecule has 1 aliphatic carbocycles. The predicted octanol–water partition coefficient (Wildman–Crippen LogP) is 3.17. The van der Waals surface area contributed by atoms with Crippen LogP contribution in [0.2, 0.25) is 0 Å². The summed E-state index contributed by atoms with van der Waals surface area (Å²) in [6, 6.07) is 0. The summed E-state index contributed by atoms with van der Waals surface area (Å²) in [6.45, 7) is 3.36. The number of halogens is 3. The third-order valence-electron chi connectivity index (χ3n) is 2.76. The third kappa shape index (κ3) is 2.00. The van der Waals surface area contributed by atoms with Gasteiger partial charge in [0.25, 0.3) is 0 Å². The highest BCUT2D eigenvalue weighted by molar-refractivity contribution is 5.14. The van der Waals surface area contributed by atoms with Crippen LogP contribution in [0, 0.1) is 5.92 Å². The van der Waals surface area contributed by atoms with Gasteiger partial charge in [0.2, 0.25) is 0 Å². The first kappa shape index (κ1) is 11.3. The van der Waals surface area contributed by atoms with Crippen LogP contribution >= 0.6 is 0 Å². The van der Waals surface area contributed by atoms with E-state index >= 15 is 0 Å². The van der Waals surface area contributed by atoms with Gasteiger partial charge >= 0.3 is 6.08 Å². The second kappa shape index (κ2) is 4.17. The van der Waals surface area contributed by atoms with Crippen molar-refractivity contribution in [2.75, 3.05) is 0 Å². The van der Waals surface area contributed by atoms with Crippen molar-refractivity contribution >= 4 is 0 Å². The van der Waals surface area contributed by atoms with Crippen molar-refractivity contribution in [1.82, 2.24) is 0 Å². The van der Waals surface area contributed by atoms with Gasteiger partial charge in [-0.05, 0) is 12.8 Å². The molecule has 1 fully saturated rings. The van der Waals surface area contributed by atoms with Gasteiger partial charge in [0.1, 0.15) is 0 Å². The van der Waals surface area contributed by atoms with Crippen LogP contribution in [-0.4, -0.2) is 10.7 Å². The van der Waals surface area contributed by atoms with Crippen LogP contribution in [0.15, 0.2) is 24.6 Å². The number of rotatable bonds is 2. The van der Waals surface area contributed by atoms with E-state index in [1.54, 1.807) is 0 Å². The molecule has 2 atom stereocenters. The van der Waals surface area contributed by atoms with E-state index in [0.29, 0.717) is 19.3 Å². The SMILES string of the molecule is C=C[C@]1(O)CCCC[C@H]1C(F)=C(F)F. The van der Waals surface area contributed by atoms with Crippen molar-refractivity contribution in [3.63, 3.8) is 0 Å². The predicted molar refractivity (Wildman–Crippen MR) is 47.5 cm³/mol. The summed E-state index contributed by atoms with van der Waals surface area (Å²) in [5, 5.41) is 9.83. The lowest BCUT2D eigenvalue weighted by Gasteiger charge is -2.36. The number of hydrogen-bond donors (Lipinski definition) is 1. The van der Waals surface area contributed by atoms with E-state index in [-0.39, 0.29) is 6.42 Å². The van der Waals surface area contributed by atoms with Crippen molar-refractivity contribution < 1.29 is 18.3 Å². The van der Waals surface area contributed by atoms with Gasteiger partial charge in [-0.25, -0.2) is 4.39 Å². The summed E-state index contributed by atoms with van der Waals surface area (Å²) in [5.74, 6) is -2.62. The number of aliphatic hydroxyl groups is 1. The van der Waals surface area contributed by atoms with Crippen LogP contribution in [0.1, 0.15) is 25.7 Å². The molecule has 1 aliphatic rings. The molecule has 0 unspecified atom stereocenters. The van der Waals surface area contributed by atoms with E-state index in [2.05, 4.69) is 6.58 Å². The van der Waals surface area contributed by atoms with E-state index < -0.39 is 23.4 Å². The molecule has 0 radical (unpaired) electrons. The van der Waals surface area contributed by atoms with Crippen molar-refractivity contribution in [3.05, 3.63) is 24.6 Å². The van der Waals surface area contributed by atoms with Gasteiger partial charge in [-0.15, -0.1) is 6.58 Å². The molecular formula is C10H13F3O. The Morgan fingerprint density at radius 1 is 1.36 bits per heavy atom. The Bertz CT molecular complexity index is 258. The fraction of sp³-hybridized carbons (Fsp3) is 0.600. The molecular weight excluding hydrogens is 193 g/mol. The second-order valence-electron chi connectivity index (χ2n) is 3.60. The Morgan fingerprint density at radius 3 is 2.50 bits per heavy atom. The zero-order valence-electron chi connectivity index (χ0n) is 7.77. The van der Waals surface area contributed by atoms with Crippen LogP contribution in [0.3, 0.4) is 0 Å². The van der Waals surface area contributed by atoms with Crippen molar-refractivity contribution in [2.45, 2.75) is 31.3 Å². The minimum absolute atomic E-state index is 0.242. The molecule has 14 heavy (non-hydrogen) atoms. The van der Waals surface area contributed by atoms with E-state index in [0.717, 1.165) is 0 Å². The molecule has 0 saturated heterocycles. The second-order valence-corrected chi connectivity index (χ2v) is 3.60. The average Bonchev–Trinajstić information content (AvgIpc) is 2.17. The molecule has 0 spiro atoms. The first-order valence-corrected chi connectivity index (χ1v) is 4.58. The first-order chi connectivity index (χ1) is 6.51. The summed E-state index contributed by atoms with van der Waals surface area (Å²) < 4.78 is 37.1. The van der Waals surface area contributed by atoms with Crippen LogP contribution in [-0.2, 0) is 0 Å². The van der Waals surface area contributed by atoms with Crippen molar-refractivity contribution in [2.24, 2.45) is 5.92 Å². The van der Waals surface area contributed by atoms with Crippen LogP contribution in [0.25, 0.3) is 0 Å². The molecule has 0 amide bonds. The molecule has 1 rings (SSSR count). The largest absolute Gasteiger partial charge is 0.385 e. The van der Waals surface area contributed by atoms with Crippen molar-refractivity contribution in [3.8, 4) is 0 Å². The lowest BCUT2D eigenvalue weighted by Crippen LogP contribution is -2.39. The summed E-state index contributed by atoms with van der Waals surface area (Å²) in [6.07, 6.45) is 0.728. The highest BCUT2D eigenvalue weighted by atomic mass is 19.3.